The molecule has 4 rings (SSSR count). The maximum atomic E-state index is 12.7. The van der Waals surface area contributed by atoms with E-state index < -0.39 is 0 Å². The minimum absolute atomic E-state index is 0.0256. The third kappa shape index (κ3) is 3.70. The molecule has 1 aliphatic heterocycles. The molecule has 0 aliphatic carbocycles. The Morgan fingerprint density at radius 1 is 1.19 bits per heavy atom. The van der Waals surface area contributed by atoms with Crippen molar-refractivity contribution in [1.29, 1.82) is 0 Å². The number of hydrogen-bond donors (Lipinski definition) is 1. The van der Waals surface area contributed by atoms with Gasteiger partial charge in [-0.05, 0) is 74.5 Å². The van der Waals surface area contributed by atoms with Gasteiger partial charge in [0.15, 0.2) is 0 Å². The van der Waals surface area contributed by atoms with Gasteiger partial charge in [-0.25, -0.2) is 0 Å². The van der Waals surface area contributed by atoms with Crippen LogP contribution in [0.15, 0.2) is 42.0 Å². The summed E-state index contributed by atoms with van der Waals surface area (Å²) in [7, 11) is 0. The fourth-order valence-corrected chi connectivity index (χ4v) is 5.45. The fourth-order valence-electron chi connectivity index (χ4n) is 3.74. The van der Waals surface area contributed by atoms with Crippen LogP contribution in [0.2, 0.25) is 0 Å². The highest BCUT2D eigenvalue weighted by Gasteiger charge is 2.31. The SMILES string of the molecule is Cc1sc(NC(=O)c2cccs2)c([C@@H](c2ccncc2)N2CCCC2)c1C. The molecule has 0 saturated carbocycles. The highest BCUT2D eigenvalue weighted by molar-refractivity contribution is 7.17. The van der Waals surface area contributed by atoms with Crippen LogP contribution in [0.3, 0.4) is 0 Å². The van der Waals surface area contributed by atoms with E-state index in [1.54, 1.807) is 11.3 Å². The summed E-state index contributed by atoms with van der Waals surface area (Å²) < 4.78 is 0. The van der Waals surface area contributed by atoms with E-state index in [0.717, 1.165) is 23.0 Å². The second-order valence-electron chi connectivity index (χ2n) is 6.88. The summed E-state index contributed by atoms with van der Waals surface area (Å²) in [5.74, 6) is -0.0256. The molecule has 0 spiro atoms. The van der Waals surface area contributed by atoms with E-state index in [4.69, 9.17) is 0 Å². The monoisotopic (exact) mass is 397 g/mol. The van der Waals surface area contributed by atoms with Gasteiger partial charge in [0.1, 0.15) is 5.00 Å². The highest BCUT2D eigenvalue weighted by atomic mass is 32.1. The lowest BCUT2D eigenvalue weighted by molar-refractivity contribution is 0.103. The third-order valence-corrected chi connectivity index (χ3v) is 7.21. The number of aryl methyl sites for hydroxylation is 1. The Morgan fingerprint density at radius 2 is 1.93 bits per heavy atom. The Morgan fingerprint density at radius 3 is 2.59 bits per heavy atom. The molecule has 3 aromatic heterocycles. The number of thiophene rings is 2. The van der Waals surface area contributed by atoms with Crippen molar-refractivity contribution >= 4 is 33.6 Å². The number of nitrogens with one attached hydrogen (secondary N) is 1. The molecule has 4 nitrogen and oxygen atoms in total. The second-order valence-corrected chi connectivity index (χ2v) is 9.06. The van der Waals surface area contributed by atoms with Crippen LogP contribution in [0, 0.1) is 13.8 Å². The van der Waals surface area contributed by atoms with Gasteiger partial charge in [-0.15, -0.1) is 22.7 Å². The summed E-state index contributed by atoms with van der Waals surface area (Å²) in [4.78, 5) is 21.4. The van der Waals surface area contributed by atoms with Crippen LogP contribution in [0.1, 0.15) is 50.1 Å². The lowest BCUT2D eigenvalue weighted by atomic mass is 9.96. The molecule has 0 radical (unpaired) electrons. The predicted molar refractivity (Wildman–Crippen MR) is 113 cm³/mol. The molecule has 6 heteroatoms. The number of aromatic nitrogens is 1. The zero-order valence-electron chi connectivity index (χ0n) is 15.6. The molecule has 1 N–H and O–H groups in total. The molecule has 4 heterocycles. The molecule has 0 bridgehead atoms. The van der Waals surface area contributed by atoms with Gasteiger partial charge in [0.2, 0.25) is 0 Å². The van der Waals surface area contributed by atoms with Gasteiger partial charge in [0, 0.05) is 22.8 Å². The van der Waals surface area contributed by atoms with Gasteiger partial charge < -0.3 is 5.32 Å². The van der Waals surface area contributed by atoms with Crippen molar-refractivity contribution in [3.05, 3.63) is 68.5 Å². The first-order valence-electron chi connectivity index (χ1n) is 9.24. The molecule has 1 fully saturated rings. The lowest BCUT2D eigenvalue weighted by Gasteiger charge is -2.29. The molecular formula is C21H23N3OS2. The van der Waals surface area contributed by atoms with Gasteiger partial charge in [0.25, 0.3) is 5.91 Å². The summed E-state index contributed by atoms with van der Waals surface area (Å²) in [6, 6.07) is 8.13. The van der Waals surface area contributed by atoms with E-state index in [1.165, 1.54) is 45.7 Å². The average molecular weight is 398 g/mol. The van der Waals surface area contributed by atoms with Crippen LogP contribution in [0.4, 0.5) is 5.00 Å². The Labute approximate surface area is 167 Å². The summed E-state index contributed by atoms with van der Waals surface area (Å²) >= 11 is 3.15. The number of carbonyl (C=O) groups is 1. The molecule has 140 valence electrons. The fraction of sp³-hybridized carbons (Fsp3) is 0.333. The first-order valence-corrected chi connectivity index (χ1v) is 10.9. The number of carbonyl (C=O) groups excluding carboxylic acids is 1. The van der Waals surface area contributed by atoms with Gasteiger partial charge in [-0.1, -0.05) is 6.07 Å². The number of pyridine rings is 1. The van der Waals surface area contributed by atoms with E-state index in [1.807, 2.05) is 29.9 Å². The molecule has 1 saturated heterocycles. The number of rotatable bonds is 5. The Kier molecular flexibility index (Phi) is 5.38. The molecule has 1 amide bonds. The van der Waals surface area contributed by atoms with Crippen LogP contribution in [-0.2, 0) is 0 Å². The lowest BCUT2D eigenvalue weighted by Crippen LogP contribution is -2.27. The van der Waals surface area contributed by atoms with Crippen molar-refractivity contribution in [3.63, 3.8) is 0 Å². The van der Waals surface area contributed by atoms with Crippen LogP contribution >= 0.6 is 22.7 Å². The quantitative estimate of drug-likeness (QED) is 0.639. The molecule has 27 heavy (non-hydrogen) atoms. The highest BCUT2D eigenvalue weighted by Crippen LogP contribution is 2.43. The van der Waals surface area contributed by atoms with Crippen molar-refractivity contribution in [2.24, 2.45) is 0 Å². The van der Waals surface area contributed by atoms with Gasteiger partial charge >= 0.3 is 0 Å². The number of amides is 1. The van der Waals surface area contributed by atoms with Crippen molar-refractivity contribution in [2.75, 3.05) is 18.4 Å². The van der Waals surface area contributed by atoms with E-state index in [9.17, 15) is 4.79 Å². The first kappa shape index (κ1) is 18.3. The van der Waals surface area contributed by atoms with Gasteiger partial charge in [-0.3, -0.25) is 14.7 Å². The standard InChI is InChI=1S/C21H23N3OS2/c1-14-15(2)27-21(23-20(25)17-6-5-13-26-17)18(14)19(24-11-3-4-12-24)16-7-9-22-10-8-16/h5-10,13,19H,3-4,11-12H2,1-2H3,(H,23,25)/t19-/m1/s1. The van der Waals surface area contributed by atoms with Crippen LogP contribution in [0.5, 0.6) is 0 Å². The third-order valence-electron chi connectivity index (χ3n) is 5.20. The van der Waals surface area contributed by atoms with E-state index >= 15 is 0 Å². The van der Waals surface area contributed by atoms with Crippen LogP contribution < -0.4 is 5.32 Å². The Hall–Kier alpha value is -2.02. The Balaban J connectivity index is 1.76. The van der Waals surface area contributed by atoms with E-state index in [2.05, 4.69) is 41.2 Å². The van der Waals surface area contributed by atoms with Crippen molar-refractivity contribution in [3.8, 4) is 0 Å². The van der Waals surface area contributed by atoms with Crippen LogP contribution in [0.25, 0.3) is 0 Å². The van der Waals surface area contributed by atoms with Crippen LogP contribution in [-0.4, -0.2) is 28.9 Å². The number of likely N-dealkylation sites (tertiary alicyclic amines) is 1. The summed E-state index contributed by atoms with van der Waals surface area (Å²) in [5.41, 5.74) is 3.74. The summed E-state index contributed by atoms with van der Waals surface area (Å²) in [6.45, 7) is 6.48. The zero-order chi connectivity index (χ0) is 18.8. The topological polar surface area (TPSA) is 45.2 Å². The predicted octanol–water partition coefficient (Wildman–Crippen LogP) is 5.26. The number of anilines is 1. The van der Waals surface area contributed by atoms with E-state index in [0.29, 0.717) is 0 Å². The summed E-state index contributed by atoms with van der Waals surface area (Å²) in [6.07, 6.45) is 6.16. The van der Waals surface area contributed by atoms with Crippen molar-refractivity contribution in [1.82, 2.24) is 9.88 Å². The van der Waals surface area contributed by atoms with E-state index in [-0.39, 0.29) is 11.9 Å². The molecular weight excluding hydrogens is 374 g/mol. The van der Waals surface area contributed by atoms with Crippen molar-refractivity contribution < 1.29 is 4.79 Å². The molecule has 1 aliphatic rings. The molecule has 3 aromatic rings. The first-order chi connectivity index (χ1) is 13.1. The maximum Gasteiger partial charge on any atom is 0.266 e. The molecule has 0 unspecified atom stereocenters. The Bertz CT molecular complexity index is 913. The van der Waals surface area contributed by atoms with Crippen molar-refractivity contribution in [2.45, 2.75) is 32.7 Å². The normalized spacial score (nSPS) is 15.8. The second kappa shape index (κ2) is 7.92. The zero-order valence-corrected chi connectivity index (χ0v) is 17.2. The number of nitrogens with zero attached hydrogens (tertiary/aromatic N) is 2. The molecule has 0 aromatic carbocycles. The van der Waals surface area contributed by atoms with Gasteiger partial charge in [-0.2, -0.15) is 0 Å². The molecule has 1 atom stereocenters. The average Bonchev–Trinajstić information content (AvgIpc) is 3.42. The maximum absolute atomic E-state index is 12.7. The smallest absolute Gasteiger partial charge is 0.266 e. The van der Waals surface area contributed by atoms with Gasteiger partial charge in [0.05, 0.1) is 10.9 Å². The minimum atomic E-state index is -0.0256. The summed E-state index contributed by atoms with van der Waals surface area (Å²) in [5, 5.41) is 6.10. The number of hydrogen-bond acceptors (Lipinski definition) is 5. The minimum Gasteiger partial charge on any atom is -0.313 e. The largest absolute Gasteiger partial charge is 0.313 e.